The van der Waals surface area contributed by atoms with E-state index in [-0.39, 0.29) is 11.8 Å². The second-order valence-corrected chi connectivity index (χ2v) is 5.93. The van der Waals surface area contributed by atoms with E-state index in [0.29, 0.717) is 48.2 Å². The molecule has 1 fully saturated rings. The highest BCUT2D eigenvalue weighted by Gasteiger charge is 2.29. The van der Waals surface area contributed by atoms with Gasteiger partial charge in [0.05, 0.1) is 11.3 Å². The number of likely N-dealkylation sites (tertiary alicyclic amines) is 1. The van der Waals surface area contributed by atoms with E-state index in [9.17, 15) is 4.79 Å². The Morgan fingerprint density at radius 1 is 1.46 bits per heavy atom. The van der Waals surface area contributed by atoms with Gasteiger partial charge in [-0.3, -0.25) is 4.79 Å². The Labute approximate surface area is 140 Å². The van der Waals surface area contributed by atoms with Gasteiger partial charge >= 0.3 is 0 Å². The van der Waals surface area contributed by atoms with Crippen LogP contribution in [0.3, 0.4) is 0 Å². The first kappa shape index (κ1) is 16.1. The van der Waals surface area contributed by atoms with Crippen LogP contribution in [0.5, 0.6) is 0 Å². The SMILES string of the molecule is CCc1nc([C@H]2CCCN(C(=O)c3ccc(C#N)c(C)n3)C2)no1. The zero-order chi connectivity index (χ0) is 17.1. The van der Waals surface area contributed by atoms with Crippen molar-refractivity contribution in [1.82, 2.24) is 20.0 Å². The van der Waals surface area contributed by atoms with Gasteiger partial charge in [-0.05, 0) is 31.9 Å². The fourth-order valence-corrected chi connectivity index (χ4v) is 2.91. The largest absolute Gasteiger partial charge is 0.339 e. The molecule has 0 radical (unpaired) electrons. The van der Waals surface area contributed by atoms with Gasteiger partial charge in [-0.2, -0.15) is 10.2 Å². The van der Waals surface area contributed by atoms with Gasteiger partial charge in [0, 0.05) is 25.4 Å². The average molecular weight is 325 g/mol. The van der Waals surface area contributed by atoms with E-state index in [0.717, 1.165) is 12.8 Å². The molecule has 24 heavy (non-hydrogen) atoms. The van der Waals surface area contributed by atoms with Gasteiger partial charge in [0.15, 0.2) is 5.82 Å². The molecule has 0 saturated carbocycles. The van der Waals surface area contributed by atoms with Gasteiger partial charge in [-0.15, -0.1) is 0 Å². The van der Waals surface area contributed by atoms with Crippen molar-refractivity contribution in [2.45, 2.75) is 39.0 Å². The Bertz CT molecular complexity index is 793. The first-order valence-electron chi connectivity index (χ1n) is 8.12. The molecule has 1 aliphatic heterocycles. The molecule has 2 aromatic rings. The number of carbonyl (C=O) groups excluding carboxylic acids is 1. The first-order chi connectivity index (χ1) is 11.6. The molecule has 3 rings (SSSR count). The van der Waals surface area contributed by atoms with E-state index in [4.69, 9.17) is 9.78 Å². The number of nitriles is 1. The molecule has 0 aromatic carbocycles. The van der Waals surface area contributed by atoms with Crippen LogP contribution in [0.1, 0.15) is 59.1 Å². The highest BCUT2D eigenvalue weighted by atomic mass is 16.5. The van der Waals surface area contributed by atoms with Crippen molar-refractivity contribution >= 4 is 5.91 Å². The van der Waals surface area contributed by atoms with Crippen molar-refractivity contribution in [2.75, 3.05) is 13.1 Å². The molecule has 1 aliphatic rings. The predicted molar refractivity (Wildman–Crippen MR) is 85.2 cm³/mol. The zero-order valence-corrected chi connectivity index (χ0v) is 13.8. The number of hydrogen-bond acceptors (Lipinski definition) is 6. The molecular weight excluding hydrogens is 306 g/mol. The third-order valence-corrected chi connectivity index (χ3v) is 4.29. The Morgan fingerprint density at radius 3 is 2.96 bits per heavy atom. The number of rotatable bonds is 3. The highest BCUT2D eigenvalue weighted by molar-refractivity contribution is 5.92. The molecule has 1 atom stereocenters. The fourth-order valence-electron chi connectivity index (χ4n) is 2.91. The average Bonchev–Trinajstić information content (AvgIpc) is 3.10. The van der Waals surface area contributed by atoms with Crippen molar-refractivity contribution in [3.63, 3.8) is 0 Å². The molecule has 3 heterocycles. The minimum atomic E-state index is -0.119. The minimum absolute atomic E-state index is 0.0891. The molecule has 124 valence electrons. The number of aromatic nitrogens is 3. The van der Waals surface area contributed by atoms with Crippen LogP contribution in [-0.4, -0.2) is 39.0 Å². The van der Waals surface area contributed by atoms with E-state index in [1.165, 1.54) is 0 Å². The second kappa shape index (κ2) is 6.79. The molecule has 0 bridgehead atoms. The molecular formula is C17H19N5O2. The summed E-state index contributed by atoms with van der Waals surface area (Å²) < 4.78 is 5.18. The molecule has 0 spiro atoms. The molecule has 0 N–H and O–H groups in total. The summed E-state index contributed by atoms with van der Waals surface area (Å²) in [6.07, 6.45) is 2.53. The number of carbonyl (C=O) groups is 1. The van der Waals surface area contributed by atoms with Crippen molar-refractivity contribution in [3.8, 4) is 6.07 Å². The standard InChI is InChI=1S/C17H19N5O2/c1-3-15-20-16(21-24-15)13-5-4-8-22(10-13)17(23)14-7-6-12(9-18)11(2)19-14/h6-7,13H,3-5,8,10H2,1-2H3/t13-/m0/s1. The van der Waals surface area contributed by atoms with Crippen LogP contribution in [-0.2, 0) is 6.42 Å². The first-order valence-corrected chi connectivity index (χ1v) is 8.12. The highest BCUT2D eigenvalue weighted by Crippen LogP contribution is 2.26. The lowest BCUT2D eigenvalue weighted by atomic mass is 9.97. The van der Waals surface area contributed by atoms with Gasteiger partial charge in [-0.25, -0.2) is 4.98 Å². The molecule has 1 amide bonds. The van der Waals surface area contributed by atoms with E-state index >= 15 is 0 Å². The van der Waals surface area contributed by atoms with Crippen LogP contribution in [0.25, 0.3) is 0 Å². The number of hydrogen-bond donors (Lipinski definition) is 0. The van der Waals surface area contributed by atoms with Crippen LogP contribution in [0, 0.1) is 18.3 Å². The summed E-state index contributed by atoms with van der Waals surface area (Å²) in [6.45, 7) is 4.95. The van der Waals surface area contributed by atoms with Crippen molar-refractivity contribution in [3.05, 3.63) is 40.8 Å². The van der Waals surface area contributed by atoms with Gasteiger partial charge in [-0.1, -0.05) is 12.1 Å². The second-order valence-electron chi connectivity index (χ2n) is 5.93. The van der Waals surface area contributed by atoms with Gasteiger partial charge in [0.1, 0.15) is 11.8 Å². The van der Waals surface area contributed by atoms with Crippen LogP contribution < -0.4 is 0 Å². The van der Waals surface area contributed by atoms with Gasteiger partial charge in [0.25, 0.3) is 5.91 Å². The molecule has 1 saturated heterocycles. The number of piperidine rings is 1. The van der Waals surface area contributed by atoms with E-state index < -0.39 is 0 Å². The minimum Gasteiger partial charge on any atom is -0.339 e. The van der Waals surface area contributed by atoms with Gasteiger partial charge in [0.2, 0.25) is 5.89 Å². The normalized spacial score (nSPS) is 17.5. The lowest BCUT2D eigenvalue weighted by Gasteiger charge is -2.31. The zero-order valence-electron chi connectivity index (χ0n) is 13.8. The summed E-state index contributed by atoms with van der Waals surface area (Å²) >= 11 is 0. The van der Waals surface area contributed by atoms with Crippen molar-refractivity contribution < 1.29 is 9.32 Å². The maximum absolute atomic E-state index is 12.7. The number of aryl methyl sites for hydroxylation is 2. The smallest absolute Gasteiger partial charge is 0.272 e. The van der Waals surface area contributed by atoms with E-state index in [2.05, 4.69) is 21.2 Å². The molecule has 7 heteroatoms. The van der Waals surface area contributed by atoms with Crippen LogP contribution in [0.2, 0.25) is 0 Å². The Morgan fingerprint density at radius 2 is 2.29 bits per heavy atom. The summed E-state index contributed by atoms with van der Waals surface area (Å²) in [7, 11) is 0. The van der Waals surface area contributed by atoms with Crippen molar-refractivity contribution in [1.29, 1.82) is 5.26 Å². The monoisotopic (exact) mass is 325 g/mol. The summed E-state index contributed by atoms with van der Waals surface area (Å²) in [4.78, 5) is 23.1. The summed E-state index contributed by atoms with van der Waals surface area (Å²) in [5.74, 6) is 1.27. The summed E-state index contributed by atoms with van der Waals surface area (Å²) in [5, 5.41) is 13.0. The lowest BCUT2D eigenvalue weighted by molar-refractivity contribution is 0.0697. The number of nitrogens with zero attached hydrogens (tertiary/aromatic N) is 5. The van der Waals surface area contributed by atoms with Crippen LogP contribution in [0.15, 0.2) is 16.7 Å². The fraction of sp³-hybridized carbons (Fsp3) is 0.471. The Balaban J connectivity index is 1.75. The van der Waals surface area contributed by atoms with Gasteiger partial charge < -0.3 is 9.42 Å². The van der Waals surface area contributed by atoms with Crippen LogP contribution in [0.4, 0.5) is 0 Å². The maximum atomic E-state index is 12.7. The quantitative estimate of drug-likeness (QED) is 0.858. The third kappa shape index (κ3) is 3.13. The van der Waals surface area contributed by atoms with E-state index in [1.54, 1.807) is 24.0 Å². The molecule has 0 aliphatic carbocycles. The lowest BCUT2D eigenvalue weighted by Crippen LogP contribution is -2.39. The summed E-state index contributed by atoms with van der Waals surface area (Å²) in [5.41, 5.74) is 1.43. The molecule has 2 aromatic heterocycles. The Hall–Kier alpha value is -2.75. The molecule has 0 unspecified atom stereocenters. The Kier molecular flexibility index (Phi) is 4.56. The topological polar surface area (TPSA) is 95.9 Å². The van der Waals surface area contributed by atoms with Crippen LogP contribution >= 0.6 is 0 Å². The predicted octanol–water partition coefficient (Wildman–Crippen LogP) is 2.23. The van der Waals surface area contributed by atoms with Crippen molar-refractivity contribution in [2.24, 2.45) is 0 Å². The maximum Gasteiger partial charge on any atom is 0.272 e. The summed E-state index contributed by atoms with van der Waals surface area (Å²) in [6, 6.07) is 5.32. The number of pyridine rings is 1. The molecule has 7 nitrogen and oxygen atoms in total. The van der Waals surface area contributed by atoms with E-state index in [1.807, 2.05) is 6.92 Å². The third-order valence-electron chi connectivity index (χ3n) is 4.29. The number of amides is 1.